The lowest BCUT2D eigenvalue weighted by molar-refractivity contribution is 0.152. The molecule has 0 aromatic rings. The minimum atomic E-state index is 0.910. The van der Waals surface area contributed by atoms with Gasteiger partial charge in [-0.1, -0.05) is 90.2 Å². The molecule has 0 N–H and O–H groups in total. The number of unbranched alkanes of at least 4 members (excludes halogenated alkanes) is 4. The van der Waals surface area contributed by atoms with Crippen LogP contribution in [0.1, 0.15) is 142 Å². The summed E-state index contributed by atoms with van der Waals surface area (Å²) in [6.45, 7) is 4.68. The second kappa shape index (κ2) is 14.0. The van der Waals surface area contributed by atoms with Crippen LogP contribution < -0.4 is 0 Å². The van der Waals surface area contributed by atoms with Crippen LogP contribution in [-0.2, 0) is 0 Å². The Balaban J connectivity index is 1.26. The first-order valence-electron chi connectivity index (χ1n) is 14.5. The Morgan fingerprint density at radius 3 is 1.50 bits per heavy atom. The minimum Gasteiger partial charge on any atom is -0.0851 e. The molecular weight excluding hydrogens is 360 g/mol. The van der Waals surface area contributed by atoms with Crippen molar-refractivity contribution in [3.05, 3.63) is 12.2 Å². The van der Waals surface area contributed by atoms with E-state index < -0.39 is 0 Å². The molecule has 3 aliphatic rings. The standard InChI is InChI=1S/C30H54/c1-3-5-6-7-8-10-26-11-13-27(14-12-26)15-16-28-19-23-30(24-20-28)29-21-17-25(9-4-2)18-22-29/h15-16,25-30H,3-14,17-24H2,1-2H3/b16-15+. The molecule has 3 fully saturated rings. The fourth-order valence-electron chi connectivity index (χ4n) is 7.19. The summed E-state index contributed by atoms with van der Waals surface area (Å²) in [5.74, 6) is 6.10. The molecule has 0 heteroatoms. The molecule has 174 valence electrons. The number of hydrogen-bond donors (Lipinski definition) is 0. The Morgan fingerprint density at radius 2 is 0.933 bits per heavy atom. The second-order valence-corrected chi connectivity index (χ2v) is 11.6. The summed E-state index contributed by atoms with van der Waals surface area (Å²) in [6.07, 6.45) is 35.2. The average molecular weight is 415 g/mol. The maximum Gasteiger partial charge on any atom is -0.0233 e. The lowest BCUT2D eigenvalue weighted by atomic mass is 9.68. The number of rotatable bonds is 11. The van der Waals surface area contributed by atoms with Gasteiger partial charge in [0, 0.05) is 0 Å². The molecule has 0 radical (unpaired) electrons. The van der Waals surface area contributed by atoms with E-state index in [2.05, 4.69) is 26.0 Å². The van der Waals surface area contributed by atoms with Crippen molar-refractivity contribution in [3.63, 3.8) is 0 Å². The predicted molar refractivity (Wildman–Crippen MR) is 134 cm³/mol. The molecular formula is C30H54. The van der Waals surface area contributed by atoms with Gasteiger partial charge in [-0.05, 0) is 99.7 Å². The van der Waals surface area contributed by atoms with Crippen molar-refractivity contribution in [2.24, 2.45) is 35.5 Å². The van der Waals surface area contributed by atoms with Crippen molar-refractivity contribution in [3.8, 4) is 0 Å². The van der Waals surface area contributed by atoms with Gasteiger partial charge in [0.25, 0.3) is 0 Å². The normalized spacial score (nSPS) is 35.7. The third kappa shape index (κ3) is 8.35. The molecule has 0 saturated heterocycles. The van der Waals surface area contributed by atoms with Gasteiger partial charge in [-0.3, -0.25) is 0 Å². The molecule has 3 aliphatic carbocycles. The molecule has 0 bridgehead atoms. The van der Waals surface area contributed by atoms with Crippen molar-refractivity contribution >= 4 is 0 Å². The van der Waals surface area contributed by atoms with E-state index in [-0.39, 0.29) is 0 Å². The van der Waals surface area contributed by atoms with Crippen LogP contribution in [-0.4, -0.2) is 0 Å². The Labute approximate surface area is 190 Å². The zero-order valence-electron chi connectivity index (χ0n) is 20.8. The maximum atomic E-state index is 2.67. The fraction of sp³-hybridized carbons (Fsp3) is 0.933. The fourth-order valence-corrected chi connectivity index (χ4v) is 7.19. The van der Waals surface area contributed by atoms with Crippen LogP contribution in [0, 0.1) is 35.5 Å². The molecule has 0 aliphatic heterocycles. The SMILES string of the molecule is CCCCCCCC1CCC(/C=C/C2CCC(C3CCC(CCC)CC3)CC2)CC1. The summed E-state index contributed by atoms with van der Waals surface area (Å²) in [7, 11) is 0. The Bertz CT molecular complexity index is 439. The lowest BCUT2D eigenvalue weighted by Crippen LogP contribution is -2.25. The molecule has 0 amide bonds. The first-order valence-corrected chi connectivity index (χ1v) is 14.5. The minimum absolute atomic E-state index is 0.910. The van der Waals surface area contributed by atoms with Gasteiger partial charge in [-0.25, -0.2) is 0 Å². The van der Waals surface area contributed by atoms with Crippen LogP contribution in [0.25, 0.3) is 0 Å². The summed E-state index contributed by atoms with van der Waals surface area (Å²) < 4.78 is 0. The Hall–Kier alpha value is -0.260. The largest absolute Gasteiger partial charge is 0.0851 e. The van der Waals surface area contributed by atoms with Crippen molar-refractivity contribution in [1.29, 1.82) is 0 Å². The van der Waals surface area contributed by atoms with Crippen LogP contribution >= 0.6 is 0 Å². The van der Waals surface area contributed by atoms with Gasteiger partial charge in [0.05, 0.1) is 0 Å². The lowest BCUT2D eigenvalue weighted by Gasteiger charge is -2.37. The molecule has 0 nitrogen and oxygen atoms in total. The summed E-state index contributed by atoms with van der Waals surface area (Å²) in [5, 5.41) is 0. The molecule has 0 aromatic heterocycles. The van der Waals surface area contributed by atoms with Gasteiger partial charge < -0.3 is 0 Å². The van der Waals surface area contributed by atoms with Gasteiger partial charge in [0.1, 0.15) is 0 Å². The molecule has 0 unspecified atom stereocenters. The topological polar surface area (TPSA) is 0 Å². The second-order valence-electron chi connectivity index (χ2n) is 11.6. The van der Waals surface area contributed by atoms with Gasteiger partial charge in [0.15, 0.2) is 0 Å². The Kier molecular flexibility index (Phi) is 11.4. The smallest absolute Gasteiger partial charge is 0.0233 e. The quantitative estimate of drug-likeness (QED) is 0.233. The van der Waals surface area contributed by atoms with Crippen LogP contribution in [0.2, 0.25) is 0 Å². The molecule has 3 saturated carbocycles. The van der Waals surface area contributed by atoms with Crippen LogP contribution in [0.15, 0.2) is 12.2 Å². The van der Waals surface area contributed by atoms with Crippen molar-refractivity contribution in [2.45, 2.75) is 142 Å². The van der Waals surface area contributed by atoms with Crippen LogP contribution in [0.4, 0.5) is 0 Å². The molecule has 0 atom stereocenters. The zero-order chi connectivity index (χ0) is 21.0. The van der Waals surface area contributed by atoms with Gasteiger partial charge >= 0.3 is 0 Å². The maximum absolute atomic E-state index is 2.67. The number of hydrogen-bond acceptors (Lipinski definition) is 0. The molecule has 0 spiro atoms. The van der Waals surface area contributed by atoms with Crippen molar-refractivity contribution < 1.29 is 0 Å². The summed E-state index contributed by atoms with van der Waals surface area (Å²) in [5.41, 5.74) is 0. The van der Waals surface area contributed by atoms with E-state index in [1.807, 2.05) is 0 Å². The third-order valence-electron chi connectivity index (χ3n) is 9.33. The summed E-state index contributed by atoms with van der Waals surface area (Å²) in [6, 6.07) is 0. The predicted octanol–water partition coefficient (Wildman–Crippen LogP) is 10.1. The van der Waals surface area contributed by atoms with Gasteiger partial charge in [0.2, 0.25) is 0 Å². The average Bonchev–Trinajstić information content (AvgIpc) is 2.79. The number of allylic oxidation sites excluding steroid dienone is 2. The molecule has 30 heavy (non-hydrogen) atoms. The highest BCUT2D eigenvalue weighted by Gasteiger charge is 2.30. The summed E-state index contributed by atoms with van der Waals surface area (Å²) >= 11 is 0. The van der Waals surface area contributed by atoms with Crippen molar-refractivity contribution in [2.75, 3.05) is 0 Å². The monoisotopic (exact) mass is 414 g/mol. The van der Waals surface area contributed by atoms with E-state index in [9.17, 15) is 0 Å². The molecule has 0 aromatic carbocycles. The van der Waals surface area contributed by atoms with Gasteiger partial charge in [-0.2, -0.15) is 0 Å². The van der Waals surface area contributed by atoms with E-state index in [1.54, 1.807) is 25.7 Å². The van der Waals surface area contributed by atoms with Gasteiger partial charge in [-0.15, -0.1) is 0 Å². The highest BCUT2D eigenvalue weighted by molar-refractivity contribution is 4.97. The van der Waals surface area contributed by atoms with E-state index >= 15 is 0 Å². The Morgan fingerprint density at radius 1 is 0.467 bits per heavy atom. The third-order valence-corrected chi connectivity index (χ3v) is 9.33. The summed E-state index contributed by atoms with van der Waals surface area (Å²) in [4.78, 5) is 0. The van der Waals surface area contributed by atoms with Crippen LogP contribution in [0.5, 0.6) is 0 Å². The zero-order valence-corrected chi connectivity index (χ0v) is 20.8. The van der Waals surface area contributed by atoms with E-state index in [0.717, 1.165) is 35.5 Å². The van der Waals surface area contributed by atoms with Crippen LogP contribution in [0.3, 0.4) is 0 Å². The van der Waals surface area contributed by atoms with Crippen molar-refractivity contribution in [1.82, 2.24) is 0 Å². The highest BCUT2D eigenvalue weighted by atomic mass is 14.4. The molecule has 0 heterocycles. The first-order chi connectivity index (χ1) is 14.8. The van der Waals surface area contributed by atoms with E-state index in [4.69, 9.17) is 0 Å². The first kappa shape index (κ1) is 24.4. The highest BCUT2D eigenvalue weighted by Crippen LogP contribution is 2.42. The van der Waals surface area contributed by atoms with E-state index in [0.29, 0.717) is 0 Å². The molecule has 3 rings (SSSR count). The van der Waals surface area contributed by atoms with E-state index in [1.165, 1.54) is 103 Å².